The van der Waals surface area contributed by atoms with E-state index in [9.17, 15) is 0 Å². The summed E-state index contributed by atoms with van der Waals surface area (Å²) in [5.74, 6) is 0.952. The molecule has 2 heteroatoms. The van der Waals surface area contributed by atoms with E-state index in [-0.39, 0.29) is 0 Å². The Morgan fingerprint density at radius 3 is 2.94 bits per heavy atom. The summed E-state index contributed by atoms with van der Waals surface area (Å²) in [6, 6.07) is 8.84. The zero-order chi connectivity index (χ0) is 12.8. The number of methoxy groups -OCH3 is 1. The summed E-state index contributed by atoms with van der Waals surface area (Å²) in [5, 5.41) is 3.59. The molecule has 0 spiro atoms. The van der Waals surface area contributed by atoms with Gasteiger partial charge in [-0.1, -0.05) is 36.3 Å². The van der Waals surface area contributed by atoms with E-state index in [1.54, 1.807) is 7.11 Å². The number of nitrogens with one attached hydrogen (secondary N) is 1. The minimum atomic E-state index is 0.657. The van der Waals surface area contributed by atoms with Gasteiger partial charge in [0, 0.05) is 11.6 Å². The average Bonchev–Trinajstić information content (AvgIpc) is 2.40. The highest BCUT2D eigenvalue weighted by atomic mass is 16.5. The van der Waals surface area contributed by atoms with Crippen LogP contribution in [0.1, 0.15) is 38.2 Å². The van der Waals surface area contributed by atoms with Crippen LogP contribution in [0, 0.1) is 0 Å². The molecule has 1 aliphatic heterocycles. The monoisotopic (exact) mass is 245 g/mol. The molecule has 1 saturated heterocycles. The minimum Gasteiger partial charge on any atom is -0.496 e. The van der Waals surface area contributed by atoms with Gasteiger partial charge >= 0.3 is 0 Å². The van der Waals surface area contributed by atoms with Crippen molar-refractivity contribution in [3.8, 4) is 5.75 Å². The van der Waals surface area contributed by atoms with Crippen LogP contribution in [-0.4, -0.2) is 19.7 Å². The maximum absolute atomic E-state index is 5.38. The summed E-state index contributed by atoms with van der Waals surface area (Å²) in [6.07, 6.45) is 7.37. The van der Waals surface area contributed by atoms with E-state index >= 15 is 0 Å². The first-order chi connectivity index (χ1) is 8.79. The summed E-state index contributed by atoms with van der Waals surface area (Å²) in [6.45, 7) is 3.38. The van der Waals surface area contributed by atoms with Gasteiger partial charge in [0.2, 0.25) is 0 Å². The first-order valence-corrected chi connectivity index (χ1v) is 6.83. The maximum atomic E-state index is 5.38. The zero-order valence-electron chi connectivity index (χ0n) is 11.4. The molecule has 0 aliphatic carbocycles. The fraction of sp³-hybridized carbons (Fsp3) is 0.500. The standard InChI is InChI=1S/C16H23NO/c1-13(12-15-8-5-6-10-17-15)11-14-7-3-4-9-16(14)18-2/h3-4,7,9,11,15,17H,5-6,8,10,12H2,1-2H3/b13-11-. The third-order valence-electron chi connectivity index (χ3n) is 3.52. The van der Waals surface area contributed by atoms with Crippen molar-refractivity contribution >= 4 is 6.08 Å². The topological polar surface area (TPSA) is 21.3 Å². The molecule has 1 aromatic carbocycles. The molecule has 18 heavy (non-hydrogen) atoms. The predicted molar refractivity (Wildman–Crippen MR) is 76.9 cm³/mol. The van der Waals surface area contributed by atoms with Crippen molar-refractivity contribution < 1.29 is 4.74 Å². The minimum absolute atomic E-state index is 0.657. The normalized spacial score (nSPS) is 20.8. The molecule has 2 nitrogen and oxygen atoms in total. The van der Waals surface area contributed by atoms with Crippen LogP contribution in [-0.2, 0) is 0 Å². The first kappa shape index (κ1) is 13.2. The molecule has 0 aromatic heterocycles. The van der Waals surface area contributed by atoms with Crippen LogP contribution in [0.4, 0.5) is 0 Å². The molecule has 0 bridgehead atoms. The van der Waals surface area contributed by atoms with Crippen molar-refractivity contribution in [3.05, 3.63) is 35.4 Å². The lowest BCUT2D eigenvalue weighted by molar-refractivity contribution is 0.399. The third-order valence-corrected chi connectivity index (χ3v) is 3.52. The largest absolute Gasteiger partial charge is 0.496 e. The number of piperidine rings is 1. The van der Waals surface area contributed by atoms with Crippen molar-refractivity contribution in [2.24, 2.45) is 0 Å². The van der Waals surface area contributed by atoms with E-state index in [1.807, 2.05) is 12.1 Å². The highest BCUT2D eigenvalue weighted by Gasteiger charge is 2.12. The Labute approximate surface area is 110 Å². The Hall–Kier alpha value is -1.28. The smallest absolute Gasteiger partial charge is 0.126 e. The Bertz CT molecular complexity index is 405. The van der Waals surface area contributed by atoms with Gasteiger partial charge in [0.05, 0.1) is 7.11 Å². The van der Waals surface area contributed by atoms with Gasteiger partial charge in [-0.05, 0) is 38.8 Å². The van der Waals surface area contributed by atoms with Crippen LogP contribution in [0.2, 0.25) is 0 Å². The Kier molecular flexibility index (Phi) is 4.82. The van der Waals surface area contributed by atoms with Crippen molar-refractivity contribution in [3.63, 3.8) is 0 Å². The highest BCUT2D eigenvalue weighted by molar-refractivity contribution is 5.59. The molecule has 1 fully saturated rings. The third kappa shape index (κ3) is 3.61. The average molecular weight is 245 g/mol. The number of benzene rings is 1. The van der Waals surface area contributed by atoms with Crippen LogP contribution in [0.25, 0.3) is 6.08 Å². The summed E-state index contributed by atoms with van der Waals surface area (Å²) in [4.78, 5) is 0. The van der Waals surface area contributed by atoms with E-state index in [2.05, 4.69) is 30.4 Å². The zero-order valence-corrected chi connectivity index (χ0v) is 11.4. The fourth-order valence-electron chi connectivity index (χ4n) is 2.60. The van der Waals surface area contributed by atoms with Crippen LogP contribution in [0.3, 0.4) is 0 Å². The molecule has 2 rings (SSSR count). The van der Waals surface area contributed by atoms with Gasteiger partial charge < -0.3 is 10.1 Å². The van der Waals surface area contributed by atoms with E-state index in [1.165, 1.54) is 36.9 Å². The van der Waals surface area contributed by atoms with E-state index in [4.69, 9.17) is 4.74 Å². The number of hydrogen-bond donors (Lipinski definition) is 1. The molecule has 98 valence electrons. The summed E-state index contributed by atoms with van der Waals surface area (Å²) in [5.41, 5.74) is 2.59. The molecule has 1 aromatic rings. The molecule has 1 atom stereocenters. The Balaban J connectivity index is 2.02. The lowest BCUT2D eigenvalue weighted by Crippen LogP contribution is -2.33. The van der Waals surface area contributed by atoms with Gasteiger partial charge in [-0.25, -0.2) is 0 Å². The highest BCUT2D eigenvalue weighted by Crippen LogP contribution is 2.22. The number of para-hydroxylation sites is 1. The van der Waals surface area contributed by atoms with Crippen LogP contribution in [0.5, 0.6) is 5.75 Å². The summed E-state index contributed by atoms with van der Waals surface area (Å²) in [7, 11) is 1.73. The molecule has 1 aliphatic rings. The lowest BCUT2D eigenvalue weighted by atomic mass is 9.97. The van der Waals surface area contributed by atoms with Gasteiger partial charge in [-0.2, -0.15) is 0 Å². The van der Waals surface area contributed by atoms with Crippen LogP contribution >= 0.6 is 0 Å². The van der Waals surface area contributed by atoms with Gasteiger partial charge in [0.25, 0.3) is 0 Å². The molecule has 1 heterocycles. The molecule has 0 amide bonds. The van der Waals surface area contributed by atoms with Crippen molar-refractivity contribution in [2.45, 2.75) is 38.6 Å². The van der Waals surface area contributed by atoms with Crippen molar-refractivity contribution in [1.29, 1.82) is 0 Å². The van der Waals surface area contributed by atoms with Crippen molar-refractivity contribution in [2.75, 3.05) is 13.7 Å². The second-order valence-corrected chi connectivity index (χ2v) is 5.08. The quantitative estimate of drug-likeness (QED) is 0.874. The first-order valence-electron chi connectivity index (χ1n) is 6.83. The maximum Gasteiger partial charge on any atom is 0.126 e. The van der Waals surface area contributed by atoms with Crippen LogP contribution in [0.15, 0.2) is 29.8 Å². The molecular weight excluding hydrogens is 222 g/mol. The molecule has 0 radical (unpaired) electrons. The SMILES string of the molecule is COc1ccccc1/C=C(/C)CC1CCCCN1. The summed E-state index contributed by atoms with van der Waals surface area (Å²) < 4.78 is 5.38. The fourth-order valence-corrected chi connectivity index (χ4v) is 2.60. The van der Waals surface area contributed by atoms with Crippen LogP contribution < -0.4 is 10.1 Å². The number of rotatable bonds is 4. The van der Waals surface area contributed by atoms with E-state index in [0.717, 1.165) is 12.2 Å². The second-order valence-electron chi connectivity index (χ2n) is 5.08. The summed E-state index contributed by atoms with van der Waals surface area (Å²) >= 11 is 0. The molecular formula is C16H23NO. The van der Waals surface area contributed by atoms with Gasteiger partial charge in [-0.15, -0.1) is 0 Å². The lowest BCUT2D eigenvalue weighted by Gasteiger charge is -2.23. The Morgan fingerprint density at radius 1 is 1.39 bits per heavy atom. The van der Waals surface area contributed by atoms with Gasteiger partial charge in [0.15, 0.2) is 0 Å². The van der Waals surface area contributed by atoms with Gasteiger partial charge in [0.1, 0.15) is 5.75 Å². The van der Waals surface area contributed by atoms with E-state index < -0.39 is 0 Å². The van der Waals surface area contributed by atoms with Gasteiger partial charge in [-0.3, -0.25) is 0 Å². The molecule has 0 saturated carbocycles. The van der Waals surface area contributed by atoms with E-state index in [0.29, 0.717) is 6.04 Å². The number of hydrogen-bond acceptors (Lipinski definition) is 2. The van der Waals surface area contributed by atoms with Crippen molar-refractivity contribution in [1.82, 2.24) is 5.32 Å². The number of ether oxygens (including phenoxy) is 1. The predicted octanol–water partition coefficient (Wildman–Crippen LogP) is 3.63. The molecule has 1 unspecified atom stereocenters. The molecule has 1 N–H and O–H groups in total. The Morgan fingerprint density at radius 2 is 2.22 bits per heavy atom. The second kappa shape index (κ2) is 6.60.